The second-order valence-corrected chi connectivity index (χ2v) is 6.51. The minimum atomic E-state index is -5.09. The van der Waals surface area contributed by atoms with Crippen molar-refractivity contribution in [3.05, 3.63) is 51.8 Å². The number of ether oxygens (including phenoxy) is 1. The zero-order chi connectivity index (χ0) is 22.8. The van der Waals surface area contributed by atoms with Crippen molar-refractivity contribution in [1.82, 2.24) is 25.2 Å². The number of halogens is 5. The molecule has 162 valence electrons. The van der Waals surface area contributed by atoms with Crippen LogP contribution < -0.4 is 15.4 Å². The fraction of sp³-hybridized carbons (Fsp3) is 0.125. The maximum Gasteiger partial charge on any atom is 0.573 e. The van der Waals surface area contributed by atoms with Gasteiger partial charge in [0.15, 0.2) is 5.75 Å². The molecule has 0 atom stereocenters. The van der Waals surface area contributed by atoms with E-state index in [9.17, 15) is 22.8 Å². The van der Waals surface area contributed by atoms with E-state index < -0.39 is 34.6 Å². The first-order valence-electron chi connectivity index (χ1n) is 8.10. The average molecular weight is 476 g/mol. The summed E-state index contributed by atoms with van der Waals surface area (Å²) in [6.45, 7) is 0. The summed E-state index contributed by atoms with van der Waals surface area (Å²) in [7, 11) is 1.45. The number of amides is 2. The topological polar surface area (TPSA) is 124 Å². The molecule has 10 nitrogen and oxygen atoms in total. The van der Waals surface area contributed by atoms with E-state index in [-0.39, 0.29) is 22.2 Å². The Bertz CT molecular complexity index is 1150. The Morgan fingerprint density at radius 2 is 1.87 bits per heavy atom. The highest BCUT2D eigenvalue weighted by Gasteiger charge is 2.34. The molecule has 0 saturated carbocycles. The Balaban J connectivity index is 1.99. The molecule has 1 aromatic carbocycles. The summed E-state index contributed by atoms with van der Waals surface area (Å²) in [4.78, 5) is 28.7. The Labute approximate surface area is 181 Å². The molecule has 0 aliphatic rings. The Morgan fingerprint density at radius 1 is 1.13 bits per heavy atom. The second kappa shape index (κ2) is 8.73. The van der Waals surface area contributed by atoms with Crippen LogP contribution in [0.5, 0.6) is 5.75 Å². The van der Waals surface area contributed by atoms with Gasteiger partial charge in [-0.3, -0.25) is 14.9 Å². The normalized spacial score (nSPS) is 11.2. The monoisotopic (exact) mass is 475 g/mol. The van der Waals surface area contributed by atoms with E-state index in [0.29, 0.717) is 0 Å². The first kappa shape index (κ1) is 22.2. The molecule has 2 amide bonds. The fourth-order valence-corrected chi connectivity index (χ4v) is 2.76. The number of benzene rings is 1. The van der Waals surface area contributed by atoms with Crippen molar-refractivity contribution in [2.75, 3.05) is 10.6 Å². The van der Waals surface area contributed by atoms with Gasteiger partial charge in [0.2, 0.25) is 5.95 Å². The number of hydrogen-bond acceptors (Lipinski definition) is 7. The van der Waals surface area contributed by atoms with Crippen LogP contribution >= 0.6 is 23.2 Å². The van der Waals surface area contributed by atoms with Gasteiger partial charge in [-0.2, -0.15) is 0 Å². The molecule has 3 aromatic rings. The Morgan fingerprint density at radius 3 is 2.48 bits per heavy atom. The number of nitrogens with one attached hydrogen (secondary N) is 2. The molecular weight excluding hydrogens is 466 g/mol. The molecule has 0 spiro atoms. The van der Waals surface area contributed by atoms with Crippen molar-refractivity contribution in [2.24, 2.45) is 7.05 Å². The van der Waals surface area contributed by atoms with Crippen LogP contribution in [0.2, 0.25) is 10.2 Å². The van der Waals surface area contributed by atoms with Gasteiger partial charge in [0.05, 0.1) is 10.6 Å². The molecule has 31 heavy (non-hydrogen) atoms. The lowest BCUT2D eigenvalue weighted by molar-refractivity contribution is -0.274. The van der Waals surface area contributed by atoms with Crippen molar-refractivity contribution in [2.45, 2.75) is 6.36 Å². The number of anilines is 2. The third-order valence-electron chi connectivity index (χ3n) is 3.65. The van der Waals surface area contributed by atoms with Gasteiger partial charge in [0.1, 0.15) is 10.8 Å². The van der Waals surface area contributed by atoms with Gasteiger partial charge in [-0.25, -0.2) is 9.67 Å². The van der Waals surface area contributed by atoms with Gasteiger partial charge in [0.25, 0.3) is 11.8 Å². The minimum absolute atomic E-state index is 0.0177. The molecule has 2 N–H and O–H groups in total. The highest BCUT2D eigenvalue weighted by Crippen LogP contribution is 2.38. The number of nitrogens with zero attached hydrogens (tertiary/aromatic N) is 5. The predicted octanol–water partition coefficient (Wildman–Crippen LogP) is 3.32. The number of alkyl halides is 3. The number of hydrogen-bond donors (Lipinski definition) is 2. The first-order valence-corrected chi connectivity index (χ1v) is 8.85. The molecule has 0 aliphatic carbocycles. The highest BCUT2D eigenvalue weighted by atomic mass is 35.5. The lowest BCUT2D eigenvalue weighted by Gasteiger charge is -2.17. The minimum Gasteiger partial charge on any atom is -0.404 e. The number of rotatable bonds is 5. The molecule has 2 aromatic heterocycles. The molecule has 15 heteroatoms. The predicted molar refractivity (Wildman–Crippen MR) is 102 cm³/mol. The van der Waals surface area contributed by atoms with E-state index in [2.05, 4.69) is 35.9 Å². The van der Waals surface area contributed by atoms with Crippen LogP contribution in [0, 0.1) is 0 Å². The molecule has 2 heterocycles. The lowest BCUT2D eigenvalue weighted by atomic mass is 10.1. The van der Waals surface area contributed by atoms with E-state index in [1.807, 2.05) is 0 Å². The maximum atomic E-state index is 12.8. The molecule has 0 aliphatic heterocycles. The third kappa shape index (κ3) is 5.38. The number of aryl methyl sites for hydroxylation is 1. The highest BCUT2D eigenvalue weighted by molar-refractivity contribution is 6.38. The second-order valence-electron chi connectivity index (χ2n) is 5.75. The molecule has 0 bridgehead atoms. The van der Waals surface area contributed by atoms with E-state index in [1.54, 1.807) is 0 Å². The van der Waals surface area contributed by atoms with Crippen molar-refractivity contribution in [3.8, 4) is 5.75 Å². The van der Waals surface area contributed by atoms with Crippen LogP contribution in [-0.2, 0) is 7.05 Å². The van der Waals surface area contributed by atoms with Crippen LogP contribution in [0.1, 0.15) is 20.7 Å². The molecule has 3 rings (SSSR count). The number of pyridine rings is 1. The Hall–Kier alpha value is -3.45. The van der Waals surface area contributed by atoms with Crippen LogP contribution in [0.4, 0.5) is 24.8 Å². The standard InChI is InChI=1S/C16H10Cl2F3N7O3/c1-28-15(25-26-27-28)24-14(30)8-2-3-9(31-16(19,20)21)12(11(8)18)23-13(29)7-4-5-22-10(17)6-7/h2-6H,1H3,(H,23,29)(H,24,25,27,30). The van der Waals surface area contributed by atoms with Crippen LogP contribution in [0.3, 0.4) is 0 Å². The quantitative estimate of drug-likeness (QED) is 0.542. The summed E-state index contributed by atoms with van der Waals surface area (Å²) in [6.07, 6.45) is -3.86. The largest absolute Gasteiger partial charge is 0.573 e. The molecule has 0 saturated heterocycles. The molecular formula is C16H10Cl2F3N7O3. The van der Waals surface area contributed by atoms with Gasteiger partial charge in [-0.05, 0) is 34.7 Å². The Kier molecular flexibility index (Phi) is 6.27. The van der Waals surface area contributed by atoms with Crippen LogP contribution in [-0.4, -0.2) is 43.4 Å². The summed E-state index contributed by atoms with van der Waals surface area (Å²) in [6, 6.07) is 4.28. The summed E-state index contributed by atoms with van der Waals surface area (Å²) in [5, 5.41) is 14.4. The fourth-order valence-electron chi connectivity index (χ4n) is 2.29. The summed E-state index contributed by atoms with van der Waals surface area (Å²) in [5.41, 5.74) is -0.878. The zero-order valence-electron chi connectivity index (χ0n) is 15.2. The van der Waals surface area contributed by atoms with Crippen LogP contribution in [0.15, 0.2) is 30.5 Å². The molecule has 0 fully saturated rings. The van der Waals surface area contributed by atoms with Crippen LogP contribution in [0.25, 0.3) is 0 Å². The maximum absolute atomic E-state index is 12.8. The number of aromatic nitrogens is 5. The van der Waals surface area contributed by atoms with Gasteiger partial charge < -0.3 is 10.1 Å². The van der Waals surface area contributed by atoms with Gasteiger partial charge in [0, 0.05) is 18.8 Å². The van der Waals surface area contributed by atoms with Crippen molar-refractivity contribution >= 4 is 46.7 Å². The van der Waals surface area contributed by atoms with Gasteiger partial charge in [-0.15, -0.1) is 13.2 Å². The van der Waals surface area contributed by atoms with E-state index in [4.69, 9.17) is 23.2 Å². The average Bonchev–Trinajstić information content (AvgIpc) is 3.08. The smallest absolute Gasteiger partial charge is 0.404 e. The number of tetrazole rings is 1. The van der Waals surface area contributed by atoms with E-state index in [0.717, 1.165) is 16.8 Å². The summed E-state index contributed by atoms with van der Waals surface area (Å²) >= 11 is 11.9. The number of carbonyl (C=O) groups is 2. The van der Waals surface area contributed by atoms with Gasteiger partial charge >= 0.3 is 6.36 Å². The van der Waals surface area contributed by atoms with Gasteiger partial charge in [-0.1, -0.05) is 28.3 Å². The molecule has 0 unspecified atom stereocenters. The van der Waals surface area contributed by atoms with E-state index >= 15 is 0 Å². The van der Waals surface area contributed by atoms with Crippen molar-refractivity contribution in [3.63, 3.8) is 0 Å². The summed E-state index contributed by atoms with van der Waals surface area (Å²) in [5.74, 6) is -2.59. The van der Waals surface area contributed by atoms with Crippen molar-refractivity contribution in [1.29, 1.82) is 0 Å². The third-order valence-corrected chi connectivity index (χ3v) is 4.25. The first-order chi connectivity index (χ1) is 14.5. The summed E-state index contributed by atoms with van der Waals surface area (Å²) < 4.78 is 43.5. The zero-order valence-corrected chi connectivity index (χ0v) is 16.7. The van der Waals surface area contributed by atoms with E-state index in [1.165, 1.54) is 25.4 Å². The number of carbonyl (C=O) groups excluding carboxylic acids is 2. The SMILES string of the molecule is Cn1nnnc1NC(=O)c1ccc(OC(F)(F)F)c(NC(=O)c2ccnc(Cl)c2)c1Cl. The van der Waals surface area contributed by atoms with Crippen molar-refractivity contribution < 1.29 is 27.5 Å². The molecule has 0 radical (unpaired) electrons. The lowest BCUT2D eigenvalue weighted by Crippen LogP contribution is -2.21.